The molecule has 30 heavy (non-hydrogen) atoms. The van der Waals surface area contributed by atoms with Gasteiger partial charge in [-0.05, 0) is 44.9 Å². The van der Waals surface area contributed by atoms with Crippen molar-refractivity contribution >= 4 is 33.4 Å². The normalized spacial score (nSPS) is 13.9. The quantitative estimate of drug-likeness (QED) is 0.468. The van der Waals surface area contributed by atoms with Crippen molar-refractivity contribution in [2.75, 3.05) is 5.32 Å². The van der Waals surface area contributed by atoms with Crippen LogP contribution in [0.2, 0.25) is 0 Å². The Kier molecular flexibility index (Phi) is 4.58. The number of carbonyl (C=O) groups is 1. The van der Waals surface area contributed by atoms with Crippen molar-refractivity contribution in [2.45, 2.75) is 38.6 Å². The number of amides is 1. The lowest BCUT2D eigenvalue weighted by Gasteiger charge is -2.10. The van der Waals surface area contributed by atoms with Crippen LogP contribution in [-0.4, -0.2) is 25.7 Å². The first-order valence-electron chi connectivity index (χ1n) is 9.90. The van der Waals surface area contributed by atoms with Crippen LogP contribution >= 0.6 is 11.3 Å². The van der Waals surface area contributed by atoms with Gasteiger partial charge < -0.3 is 0 Å². The van der Waals surface area contributed by atoms with Crippen molar-refractivity contribution in [3.8, 4) is 11.3 Å². The van der Waals surface area contributed by atoms with E-state index in [-0.39, 0.29) is 17.8 Å². The van der Waals surface area contributed by atoms with Crippen LogP contribution in [0.5, 0.6) is 0 Å². The molecule has 4 aromatic rings. The highest BCUT2D eigenvalue weighted by molar-refractivity contribution is 7.14. The van der Waals surface area contributed by atoms with Gasteiger partial charge in [-0.1, -0.05) is 12.1 Å². The van der Waals surface area contributed by atoms with Crippen molar-refractivity contribution in [3.05, 3.63) is 59.0 Å². The molecule has 1 aromatic carbocycles. The van der Waals surface area contributed by atoms with E-state index in [4.69, 9.17) is 4.98 Å². The minimum absolute atomic E-state index is 0.146. The highest BCUT2D eigenvalue weighted by Gasteiger charge is 2.28. The van der Waals surface area contributed by atoms with Crippen LogP contribution in [0.4, 0.5) is 9.52 Å². The van der Waals surface area contributed by atoms with Crippen LogP contribution in [0.15, 0.2) is 41.9 Å². The van der Waals surface area contributed by atoms with Crippen molar-refractivity contribution in [1.29, 1.82) is 0 Å². The van der Waals surface area contributed by atoms with Crippen LogP contribution in [0.3, 0.4) is 0 Å². The number of hydrogen-bond acceptors (Lipinski definition) is 5. The molecule has 0 radical (unpaired) electrons. The van der Waals surface area contributed by atoms with Crippen LogP contribution in [0, 0.1) is 5.82 Å². The Hall–Kier alpha value is -3.13. The van der Waals surface area contributed by atoms with E-state index in [1.54, 1.807) is 23.7 Å². The molecule has 0 aliphatic heterocycles. The van der Waals surface area contributed by atoms with Gasteiger partial charge in [-0.2, -0.15) is 5.10 Å². The molecule has 1 aliphatic rings. The second-order valence-electron chi connectivity index (χ2n) is 7.79. The van der Waals surface area contributed by atoms with Crippen molar-refractivity contribution in [1.82, 2.24) is 19.7 Å². The summed E-state index contributed by atoms with van der Waals surface area (Å²) in [7, 11) is 0. The molecule has 0 saturated heterocycles. The van der Waals surface area contributed by atoms with E-state index in [9.17, 15) is 9.18 Å². The molecule has 0 bridgehead atoms. The molecule has 1 fully saturated rings. The molecular formula is C22H20FN5OS. The first kappa shape index (κ1) is 18.9. The number of benzene rings is 1. The van der Waals surface area contributed by atoms with Crippen LogP contribution in [-0.2, 0) is 0 Å². The fourth-order valence-corrected chi connectivity index (χ4v) is 4.18. The average molecular weight is 422 g/mol. The molecule has 1 saturated carbocycles. The summed E-state index contributed by atoms with van der Waals surface area (Å²) in [4.78, 5) is 22.4. The second kappa shape index (κ2) is 7.28. The average Bonchev–Trinajstić information content (AvgIpc) is 3.31. The topological polar surface area (TPSA) is 72.7 Å². The molecule has 6 nitrogen and oxygen atoms in total. The minimum atomic E-state index is -0.319. The Morgan fingerprint density at radius 1 is 1.27 bits per heavy atom. The summed E-state index contributed by atoms with van der Waals surface area (Å²) in [5.41, 5.74) is 3.53. The predicted octanol–water partition coefficient (Wildman–Crippen LogP) is 5.40. The molecule has 152 valence electrons. The monoisotopic (exact) mass is 421 g/mol. The molecule has 3 heterocycles. The molecule has 1 N–H and O–H groups in total. The van der Waals surface area contributed by atoms with E-state index in [2.05, 4.69) is 15.4 Å². The molecule has 0 spiro atoms. The predicted molar refractivity (Wildman–Crippen MR) is 115 cm³/mol. The number of hydrogen-bond donors (Lipinski definition) is 1. The summed E-state index contributed by atoms with van der Waals surface area (Å²) in [6.45, 7) is 4.09. The Balaban J connectivity index is 1.48. The van der Waals surface area contributed by atoms with Gasteiger partial charge in [-0.15, -0.1) is 11.3 Å². The van der Waals surface area contributed by atoms with E-state index < -0.39 is 0 Å². The number of halogens is 1. The van der Waals surface area contributed by atoms with E-state index in [0.717, 1.165) is 29.6 Å². The van der Waals surface area contributed by atoms with Crippen molar-refractivity contribution in [3.63, 3.8) is 0 Å². The number of anilines is 1. The van der Waals surface area contributed by atoms with Crippen LogP contribution in [0.25, 0.3) is 22.3 Å². The minimum Gasteiger partial charge on any atom is -0.298 e. The maximum atomic E-state index is 13.5. The molecular weight excluding hydrogens is 401 g/mol. The highest BCUT2D eigenvalue weighted by Crippen LogP contribution is 2.40. The zero-order valence-electron chi connectivity index (χ0n) is 16.6. The van der Waals surface area contributed by atoms with E-state index in [1.165, 1.54) is 23.5 Å². The Morgan fingerprint density at radius 2 is 2.10 bits per heavy atom. The summed E-state index contributed by atoms with van der Waals surface area (Å²) in [5, 5.41) is 10.3. The third-order valence-corrected chi connectivity index (χ3v) is 5.92. The van der Waals surface area contributed by atoms with E-state index in [0.29, 0.717) is 27.9 Å². The molecule has 0 unspecified atom stereocenters. The van der Waals surface area contributed by atoms with Gasteiger partial charge in [0.1, 0.15) is 5.82 Å². The molecule has 1 aliphatic carbocycles. The molecule has 3 aromatic heterocycles. The Bertz CT molecular complexity index is 1260. The smallest absolute Gasteiger partial charge is 0.258 e. The standard InChI is InChI=1S/C22H20FN5OS/c1-12(2)28-20-17(10-24-28)16(9-18(25-20)13-6-7-13)21(29)27-22-26-19(11-30-22)14-4-3-5-15(23)8-14/h3-5,8-13H,6-7H2,1-2H3,(H,26,27,29). The number of thiazole rings is 1. The summed E-state index contributed by atoms with van der Waals surface area (Å²) in [5.74, 6) is -0.149. The zero-order valence-corrected chi connectivity index (χ0v) is 17.4. The summed E-state index contributed by atoms with van der Waals surface area (Å²) in [6, 6.07) is 8.27. The Morgan fingerprint density at radius 3 is 2.83 bits per heavy atom. The number of nitrogens with one attached hydrogen (secondary N) is 1. The lowest BCUT2D eigenvalue weighted by atomic mass is 10.1. The maximum Gasteiger partial charge on any atom is 0.258 e. The van der Waals surface area contributed by atoms with Gasteiger partial charge >= 0.3 is 0 Å². The SMILES string of the molecule is CC(C)n1ncc2c(C(=O)Nc3nc(-c4cccc(F)c4)cs3)cc(C3CC3)nc21. The van der Waals surface area contributed by atoms with E-state index in [1.807, 2.05) is 24.6 Å². The molecule has 1 amide bonds. The first-order valence-corrected chi connectivity index (χ1v) is 10.8. The largest absolute Gasteiger partial charge is 0.298 e. The Labute approximate surface area is 176 Å². The lowest BCUT2D eigenvalue weighted by molar-refractivity contribution is 0.102. The summed E-state index contributed by atoms with van der Waals surface area (Å²) in [6.07, 6.45) is 3.89. The van der Waals surface area contributed by atoms with Gasteiger partial charge in [0.05, 0.1) is 22.8 Å². The fourth-order valence-electron chi connectivity index (χ4n) is 3.47. The molecule has 0 atom stereocenters. The van der Waals surface area contributed by atoms with Crippen molar-refractivity contribution in [2.24, 2.45) is 0 Å². The van der Waals surface area contributed by atoms with Gasteiger partial charge in [0.2, 0.25) is 0 Å². The number of rotatable bonds is 5. The third-order valence-electron chi connectivity index (χ3n) is 5.16. The van der Waals surface area contributed by atoms with Crippen molar-refractivity contribution < 1.29 is 9.18 Å². The number of pyridine rings is 1. The first-order chi connectivity index (χ1) is 14.5. The van der Waals surface area contributed by atoms with Gasteiger partial charge in [-0.25, -0.2) is 19.0 Å². The van der Waals surface area contributed by atoms with Gasteiger partial charge in [0, 0.05) is 28.6 Å². The second-order valence-corrected chi connectivity index (χ2v) is 8.65. The summed E-state index contributed by atoms with van der Waals surface area (Å²) < 4.78 is 15.3. The van der Waals surface area contributed by atoms with Gasteiger partial charge in [0.25, 0.3) is 5.91 Å². The van der Waals surface area contributed by atoms with Crippen LogP contribution < -0.4 is 5.32 Å². The molecule has 5 rings (SSSR count). The fraction of sp³-hybridized carbons (Fsp3) is 0.273. The number of fused-ring (bicyclic) bond motifs is 1. The zero-order chi connectivity index (χ0) is 20.8. The third kappa shape index (κ3) is 3.47. The highest BCUT2D eigenvalue weighted by atomic mass is 32.1. The summed E-state index contributed by atoms with van der Waals surface area (Å²) >= 11 is 1.31. The molecule has 8 heteroatoms. The van der Waals surface area contributed by atoms with Gasteiger partial charge in [0.15, 0.2) is 10.8 Å². The maximum absolute atomic E-state index is 13.5. The number of aromatic nitrogens is 4. The van der Waals surface area contributed by atoms with Gasteiger partial charge in [-0.3, -0.25) is 10.1 Å². The number of carbonyl (C=O) groups excluding carboxylic acids is 1. The lowest BCUT2D eigenvalue weighted by Crippen LogP contribution is -2.13. The van der Waals surface area contributed by atoms with E-state index >= 15 is 0 Å². The van der Waals surface area contributed by atoms with Crippen LogP contribution in [0.1, 0.15) is 54.7 Å². The number of nitrogens with zero attached hydrogens (tertiary/aromatic N) is 4.